The Balaban J connectivity index is 2.52. The van der Waals surface area contributed by atoms with Crippen LogP contribution in [-0.2, 0) is 9.53 Å². The molecule has 0 saturated heterocycles. The van der Waals surface area contributed by atoms with Gasteiger partial charge in [0.25, 0.3) is 0 Å². The Kier molecular flexibility index (Phi) is 12.0. The third kappa shape index (κ3) is 10.7. The lowest BCUT2D eigenvalue weighted by molar-refractivity contribution is -0.134. The van der Waals surface area contributed by atoms with Gasteiger partial charge in [0.2, 0.25) is 0 Å². The van der Waals surface area contributed by atoms with Crippen LogP contribution in [0.2, 0.25) is 0 Å². The third-order valence-corrected chi connectivity index (χ3v) is 4.59. The number of methoxy groups -OCH3 is 2. The fourth-order valence-electron chi connectivity index (χ4n) is 2.75. The number of allylic oxidation sites excluding steroid dienone is 5. The van der Waals surface area contributed by atoms with Gasteiger partial charge in [0, 0.05) is 6.08 Å². The van der Waals surface area contributed by atoms with Gasteiger partial charge < -0.3 is 14.2 Å². The van der Waals surface area contributed by atoms with Gasteiger partial charge in [-0.2, -0.15) is 0 Å². The van der Waals surface area contributed by atoms with E-state index in [1.54, 1.807) is 13.2 Å². The molecule has 4 nitrogen and oxygen atoms in total. The molecule has 0 heterocycles. The summed E-state index contributed by atoms with van der Waals surface area (Å²) in [5.41, 5.74) is 4.97. The summed E-state index contributed by atoms with van der Waals surface area (Å²) in [5, 5.41) is 0. The standard InChI is InChI=1S/C26H36O4/c1-20(2)9-7-10-21(3)11-8-12-22(4)17-18-30-24-15-13-23(19-25(24)28-5)14-16-26(27)29-6/h9,11,13-17,19H,7-8,10,12,18H2,1-6H3. The van der Waals surface area contributed by atoms with E-state index >= 15 is 0 Å². The summed E-state index contributed by atoms with van der Waals surface area (Å²) in [4.78, 5) is 11.2. The van der Waals surface area contributed by atoms with Crippen molar-refractivity contribution in [3.05, 3.63) is 64.8 Å². The zero-order chi connectivity index (χ0) is 22.4. The summed E-state index contributed by atoms with van der Waals surface area (Å²) in [6.45, 7) is 9.11. The topological polar surface area (TPSA) is 44.8 Å². The highest BCUT2D eigenvalue weighted by Crippen LogP contribution is 2.28. The van der Waals surface area contributed by atoms with Crippen LogP contribution in [0.5, 0.6) is 11.5 Å². The van der Waals surface area contributed by atoms with Crippen LogP contribution in [0.25, 0.3) is 6.08 Å². The van der Waals surface area contributed by atoms with Crippen LogP contribution in [0.3, 0.4) is 0 Å². The van der Waals surface area contributed by atoms with Crippen LogP contribution >= 0.6 is 0 Å². The van der Waals surface area contributed by atoms with E-state index in [4.69, 9.17) is 9.47 Å². The highest BCUT2D eigenvalue weighted by Gasteiger charge is 2.05. The number of carbonyl (C=O) groups is 1. The predicted molar refractivity (Wildman–Crippen MR) is 125 cm³/mol. The molecule has 1 rings (SSSR count). The molecule has 0 amide bonds. The first-order valence-electron chi connectivity index (χ1n) is 10.4. The largest absolute Gasteiger partial charge is 0.493 e. The zero-order valence-corrected chi connectivity index (χ0v) is 19.3. The quantitative estimate of drug-likeness (QED) is 0.218. The molecule has 4 heteroatoms. The predicted octanol–water partition coefficient (Wildman–Crippen LogP) is 6.68. The van der Waals surface area contributed by atoms with Crippen molar-refractivity contribution in [3.8, 4) is 11.5 Å². The van der Waals surface area contributed by atoms with E-state index in [-0.39, 0.29) is 0 Å². The lowest BCUT2D eigenvalue weighted by Gasteiger charge is -2.10. The number of benzene rings is 1. The monoisotopic (exact) mass is 412 g/mol. The number of hydrogen-bond donors (Lipinski definition) is 0. The number of hydrogen-bond acceptors (Lipinski definition) is 4. The Hall–Kier alpha value is -2.75. The Morgan fingerprint density at radius 3 is 2.20 bits per heavy atom. The molecule has 0 unspecified atom stereocenters. The minimum atomic E-state index is -0.396. The fourth-order valence-corrected chi connectivity index (χ4v) is 2.75. The highest BCUT2D eigenvalue weighted by atomic mass is 16.5. The van der Waals surface area contributed by atoms with Crippen LogP contribution in [0.15, 0.2) is 59.2 Å². The molecule has 0 spiro atoms. The van der Waals surface area contributed by atoms with Gasteiger partial charge >= 0.3 is 5.97 Å². The maximum absolute atomic E-state index is 11.2. The normalized spacial score (nSPS) is 12.1. The van der Waals surface area contributed by atoms with Gasteiger partial charge in [0.1, 0.15) is 6.61 Å². The molecule has 0 atom stereocenters. The first kappa shape index (κ1) is 25.3. The van der Waals surface area contributed by atoms with Crippen molar-refractivity contribution in [2.24, 2.45) is 0 Å². The molecule has 0 aliphatic carbocycles. The first-order valence-corrected chi connectivity index (χ1v) is 10.4. The Labute approximate surface area is 181 Å². The molecule has 30 heavy (non-hydrogen) atoms. The third-order valence-electron chi connectivity index (χ3n) is 4.59. The van der Waals surface area contributed by atoms with Crippen molar-refractivity contribution in [2.45, 2.75) is 53.4 Å². The second-order valence-corrected chi connectivity index (χ2v) is 7.54. The molecule has 0 radical (unpaired) electrons. The smallest absolute Gasteiger partial charge is 0.330 e. The molecule has 1 aromatic carbocycles. The molecular formula is C26H36O4. The van der Waals surface area contributed by atoms with E-state index in [1.807, 2.05) is 18.2 Å². The lowest BCUT2D eigenvalue weighted by atomic mass is 10.1. The Bertz CT molecular complexity index is 793. The fraction of sp³-hybridized carbons (Fsp3) is 0.423. The van der Waals surface area contributed by atoms with Crippen molar-refractivity contribution >= 4 is 12.0 Å². The van der Waals surface area contributed by atoms with Gasteiger partial charge in [-0.3, -0.25) is 0 Å². The summed E-state index contributed by atoms with van der Waals surface area (Å²) >= 11 is 0. The maximum atomic E-state index is 11.2. The van der Waals surface area contributed by atoms with Crippen molar-refractivity contribution in [3.63, 3.8) is 0 Å². The van der Waals surface area contributed by atoms with Crippen molar-refractivity contribution in [2.75, 3.05) is 20.8 Å². The Morgan fingerprint density at radius 2 is 1.57 bits per heavy atom. The summed E-state index contributed by atoms with van der Waals surface area (Å²) in [7, 11) is 2.95. The number of carbonyl (C=O) groups excluding carboxylic acids is 1. The average molecular weight is 413 g/mol. The molecule has 0 bridgehead atoms. The van der Waals surface area contributed by atoms with Gasteiger partial charge in [-0.15, -0.1) is 0 Å². The van der Waals surface area contributed by atoms with E-state index in [0.717, 1.165) is 31.2 Å². The van der Waals surface area contributed by atoms with Crippen molar-refractivity contribution in [1.29, 1.82) is 0 Å². The van der Waals surface area contributed by atoms with Gasteiger partial charge in [0.15, 0.2) is 11.5 Å². The summed E-state index contributed by atoms with van der Waals surface area (Å²) in [6, 6.07) is 5.54. The van der Waals surface area contributed by atoms with Crippen LogP contribution in [-0.4, -0.2) is 26.8 Å². The van der Waals surface area contributed by atoms with E-state index in [2.05, 4.69) is 50.7 Å². The molecule has 1 aromatic rings. The minimum Gasteiger partial charge on any atom is -0.493 e. The van der Waals surface area contributed by atoms with Crippen LogP contribution in [0.4, 0.5) is 0 Å². The molecule has 0 aromatic heterocycles. The van der Waals surface area contributed by atoms with Crippen LogP contribution in [0, 0.1) is 0 Å². The van der Waals surface area contributed by atoms with E-state index in [9.17, 15) is 4.79 Å². The molecule has 0 aliphatic heterocycles. The number of rotatable bonds is 12. The Morgan fingerprint density at radius 1 is 0.900 bits per heavy atom. The zero-order valence-electron chi connectivity index (χ0n) is 19.3. The maximum Gasteiger partial charge on any atom is 0.330 e. The summed E-state index contributed by atoms with van der Waals surface area (Å²) in [6.07, 6.45) is 14.1. The highest BCUT2D eigenvalue weighted by molar-refractivity contribution is 5.87. The molecule has 0 aliphatic rings. The van der Waals surface area contributed by atoms with Gasteiger partial charge in [-0.25, -0.2) is 4.79 Å². The molecular weight excluding hydrogens is 376 g/mol. The van der Waals surface area contributed by atoms with Gasteiger partial charge in [0.05, 0.1) is 14.2 Å². The number of esters is 1. The lowest BCUT2D eigenvalue weighted by Crippen LogP contribution is -1.98. The second kappa shape index (κ2) is 14.3. The first-order chi connectivity index (χ1) is 14.3. The van der Waals surface area contributed by atoms with Crippen LogP contribution in [0.1, 0.15) is 58.9 Å². The molecule has 0 saturated carbocycles. The summed E-state index contributed by atoms with van der Waals surface area (Å²) < 4.78 is 15.9. The van der Waals surface area contributed by atoms with E-state index in [0.29, 0.717) is 18.1 Å². The molecule has 0 N–H and O–H groups in total. The van der Waals surface area contributed by atoms with Gasteiger partial charge in [-0.1, -0.05) is 34.9 Å². The molecule has 0 fully saturated rings. The second-order valence-electron chi connectivity index (χ2n) is 7.54. The van der Waals surface area contributed by atoms with Crippen LogP contribution < -0.4 is 9.47 Å². The summed E-state index contributed by atoms with van der Waals surface area (Å²) in [5.74, 6) is 0.905. The van der Waals surface area contributed by atoms with Crippen molar-refractivity contribution in [1.82, 2.24) is 0 Å². The van der Waals surface area contributed by atoms with Crippen molar-refractivity contribution < 1.29 is 19.0 Å². The number of ether oxygens (including phenoxy) is 3. The average Bonchev–Trinajstić information content (AvgIpc) is 2.72. The van der Waals surface area contributed by atoms with Gasteiger partial charge in [-0.05, 0) is 83.2 Å². The minimum absolute atomic E-state index is 0.396. The SMILES string of the molecule is COC(=O)C=Cc1ccc(OCC=C(C)CCC=C(C)CCC=C(C)C)c(OC)c1. The van der Waals surface area contributed by atoms with E-state index in [1.165, 1.54) is 29.9 Å². The molecule has 164 valence electrons. The van der Waals surface area contributed by atoms with E-state index < -0.39 is 5.97 Å².